The maximum atomic E-state index is 13.9. The average Bonchev–Trinajstić information content (AvgIpc) is 2.95. The monoisotopic (exact) mass is 456 g/mol. The minimum Gasteiger partial charge on any atom is -0.392 e. The van der Waals surface area contributed by atoms with Crippen molar-refractivity contribution in [3.63, 3.8) is 0 Å². The van der Waals surface area contributed by atoms with Gasteiger partial charge in [0, 0.05) is 11.3 Å². The molecule has 0 bridgehead atoms. The molecular formula is C30H48O3. The molecule has 0 amide bonds. The van der Waals surface area contributed by atoms with Gasteiger partial charge in [-0.05, 0) is 98.9 Å². The summed E-state index contributed by atoms with van der Waals surface area (Å²) < 4.78 is 0. The number of carbonyl (C=O) groups excluding carboxylic acids is 1. The van der Waals surface area contributed by atoms with Crippen LogP contribution in [0.4, 0.5) is 0 Å². The quantitative estimate of drug-likeness (QED) is 0.476. The van der Waals surface area contributed by atoms with Crippen LogP contribution in [0.2, 0.25) is 0 Å². The van der Waals surface area contributed by atoms with Crippen molar-refractivity contribution in [3.8, 4) is 0 Å². The number of ketones is 1. The summed E-state index contributed by atoms with van der Waals surface area (Å²) in [5, 5.41) is 20.8. The van der Waals surface area contributed by atoms with E-state index in [9.17, 15) is 15.0 Å². The molecule has 4 aliphatic rings. The predicted octanol–water partition coefficient (Wildman–Crippen LogP) is 6.48. The molecule has 2 N–H and O–H groups in total. The van der Waals surface area contributed by atoms with Gasteiger partial charge in [-0.1, -0.05) is 59.3 Å². The van der Waals surface area contributed by atoms with Gasteiger partial charge in [-0.25, -0.2) is 0 Å². The first-order valence-electron chi connectivity index (χ1n) is 13.4. The Hall–Kier alpha value is -0.930. The highest BCUT2D eigenvalue weighted by atomic mass is 16.3. The fourth-order valence-corrected chi connectivity index (χ4v) is 9.18. The fourth-order valence-electron chi connectivity index (χ4n) is 9.18. The van der Waals surface area contributed by atoms with Gasteiger partial charge in [0.1, 0.15) is 0 Å². The maximum absolute atomic E-state index is 13.9. The van der Waals surface area contributed by atoms with Gasteiger partial charge < -0.3 is 10.2 Å². The lowest BCUT2D eigenvalue weighted by Crippen LogP contribution is -2.61. The summed E-state index contributed by atoms with van der Waals surface area (Å²) in [5.74, 6) is 1.95. The summed E-state index contributed by atoms with van der Waals surface area (Å²) >= 11 is 0. The van der Waals surface area contributed by atoms with E-state index in [1.165, 1.54) is 18.4 Å². The molecule has 3 nitrogen and oxygen atoms in total. The van der Waals surface area contributed by atoms with Crippen LogP contribution >= 0.6 is 0 Å². The van der Waals surface area contributed by atoms with Crippen LogP contribution < -0.4 is 0 Å². The lowest BCUT2D eigenvalue weighted by atomic mass is 9.39. The predicted molar refractivity (Wildman–Crippen MR) is 135 cm³/mol. The van der Waals surface area contributed by atoms with Gasteiger partial charge in [0.15, 0.2) is 5.78 Å². The van der Waals surface area contributed by atoms with Crippen molar-refractivity contribution in [3.05, 3.63) is 23.8 Å². The zero-order valence-corrected chi connectivity index (χ0v) is 22.4. The zero-order valence-electron chi connectivity index (χ0n) is 22.4. The standard InChI is InChI=1S/C30H48O3/c1-19(10-9-14-26(2,3)33)20-13-15-30(8)25-23(31)18-22-21(11-12-24(32)27(22,4)5)28(25,6)16-17-29(20,30)7/h9,14,18-21,24-25,32-33H,10-13,15-17H2,1-8H3/b14-9+/t19-,20-,21?,24?,25?,28+,29-,30+/m1/s1. The molecule has 186 valence electrons. The van der Waals surface area contributed by atoms with Crippen LogP contribution in [-0.2, 0) is 4.79 Å². The second kappa shape index (κ2) is 7.79. The molecule has 3 heteroatoms. The third-order valence-corrected chi connectivity index (χ3v) is 11.4. The van der Waals surface area contributed by atoms with Crippen LogP contribution in [0.15, 0.2) is 23.8 Å². The van der Waals surface area contributed by atoms with Gasteiger partial charge in [-0.2, -0.15) is 0 Å². The Kier molecular flexibility index (Phi) is 5.94. The van der Waals surface area contributed by atoms with Crippen LogP contribution in [0.5, 0.6) is 0 Å². The minimum atomic E-state index is -0.764. The molecule has 0 aromatic heterocycles. The first-order valence-corrected chi connectivity index (χ1v) is 13.4. The van der Waals surface area contributed by atoms with E-state index in [1.807, 2.05) is 26.0 Å². The molecule has 0 saturated heterocycles. The summed E-state index contributed by atoms with van der Waals surface area (Å²) in [7, 11) is 0. The minimum absolute atomic E-state index is 0.00815. The summed E-state index contributed by atoms with van der Waals surface area (Å²) in [6, 6.07) is 0. The van der Waals surface area contributed by atoms with Crippen molar-refractivity contribution in [1.82, 2.24) is 0 Å². The van der Waals surface area contributed by atoms with Gasteiger partial charge in [0.25, 0.3) is 0 Å². The number of aliphatic hydroxyl groups is 2. The van der Waals surface area contributed by atoms with E-state index < -0.39 is 5.60 Å². The number of fused-ring (bicyclic) bond motifs is 5. The molecule has 0 aromatic rings. The molecule has 4 rings (SSSR count). The van der Waals surface area contributed by atoms with Crippen LogP contribution in [0.1, 0.15) is 100 Å². The summed E-state index contributed by atoms with van der Waals surface area (Å²) in [5.41, 5.74) is 0.305. The number of carbonyl (C=O) groups is 1. The second-order valence-corrected chi connectivity index (χ2v) is 14.1. The second-order valence-electron chi connectivity index (χ2n) is 14.1. The number of hydrogen-bond acceptors (Lipinski definition) is 3. The van der Waals surface area contributed by atoms with Crippen molar-refractivity contribution < 1.29 is 15.0 Å². The van der Waals surface area contributed by atoms with Gasteiger partial charge in [0.05, 0.1) is 11.7 Å². The van der Waals surface area contributed by atoms with Crippen LogP contribution in [-0.4, -0.2) is 27.7 Å². The van der Waals surface area contributed by atoms with Gasteiger partial charge in [-0.3, -0.25) is 4.79 Å². The molecular weight excluding hydrogens is 408 g/mol. The lowest BCUT2D eigenvalue weighted by molar-refractivity contribution is -0.164. The molecule has 3 saturated carbocycles. The topological polar surface area (TPSA) is 57.5 Å². The molecule has 0 radical (unpaired) electrons. The molecule has 0 aliphatic heterocycles. The molecule has 4 aliphatic carbocycles. The Morgan fingerprint density at radius 1 is 1.06 bits per heavy atom. The van der Waals surface area contributed by atoms with Crippen molar-refractivity contribution in [1.29, 1.82) is 0 Å². The molecule has 33 heavy (non-hydrogen) atoms. The molecule has 0 heterocycles. The maximum Gasteiger partial charge on any atom is 0.159 e. The van der Waals surface area contributed by atoms with Crippen molar-refractivity contribution >= 4 is 5.78 Å². The van der Waals surface area contributed by atoms with Crippen LogP contribution in [0.25, 0.3) is 0 Å². The Bertz CT molecular complexity index is 860. The van der Waals surface area contributed by atoms with E-state index in [4.69, 9.17) is 0 Å². The van der Waals surface area contributed by atoms with Gasteiger partial charge in [-0.15, -0.1) is 0 Å². The van der Waals surface area contributed by atoms with Crippen molar-refractivity contribution in [2.24, 2.45) is 45.3 Å². The van der Waals surface area contributed by atoms with Gasteiger partial charge >= 0.3 is 0 Å². The van der Waals surface area contributed by atoms with E-state index in [0.29, 0.717) is 23.5 Å². The van der Waals surface area contributed by atoms with E-state index in [0.717, 1.165) is 32.1 Å². The van der Waals surface area contributed by atoms with E-state index in [2.05, 4.69) is 47.6 Å². The average molecular weight is 457 g/mol. The summed E-state index contributed by atoms with van der Waals surface area (Å²) in [6.07, 6.45) is 13.1. The molecule has 0 spiro atoms. The molecule has 3 unspecified atom stereocenters. The molecule has 8 atom stereocenters. The summed E-state index contributed by atoms with van der Waals surface area (Å²) in [4.78, 5) is 13.9. The normalized spacial score (nSPS) is 45.9. The smallest absolute Gasteiger partial charge is 0.159 e. The highest BCUT2D eigenvalue weighted by molar-refractivity contribution is 5.95. The Morgan fingerprint density at radius 3 is 2.36 bits per heavy atom. The van der Waals surface area contributed by atoms with E-state index >= 15 is 0 Å². The number of aliphatic hydroxyl groups excluding tert-OH is 1. The van der Waals surface area contributed by atoms with Crippen molar-refractivity contribution in [2.45, 2.75) is 112 Å². The Balaban J connectivity index is 1.67. The molecule has 3 fully saturated rings. The number of allylic oxidation sites excluding steroid dienone is 2. The van der Waals surface area contributed by atoms with Crippen molar-refractivity contribution in [2.75, 3.05) is 0 Å². The summed E-state index contributed by atoms with van der Waals surface area (Å²) in [6.45, 7) is 17.6. The Morgan fingerprint density at radius 2 is 1.73 bits per heavy atom. The third-order valence-electron chi connectivity index (χ3n) is 11.4. The number of rotatable bonds is 4. The third kappa shape index (κ3) is 3.63. The largest absolute Gasteiger partial charge is 0.392 e. The fraction of sp³-hybridized carbons (Fsp3) is 0.833. The zero-order chi connectivity index (χ0) is 24.6. The first kappa shape index (κ1) is 25.2. The van der Waals surface area contributed by atoms with E-state index in [1.54, 1.807) is 0 Å². The number of hydrogen-bond donors (Lipinski definition) is 2. The van der Waals surface area contributed by atoms with E-state index in [-0.39, 0.29) is 33.7 Å². The SMILES string of the molecule is C[C@H](C/C=C/C(C)(C)O)[C@H]1CC[C@@]2(C)C3C(=O)C=C4C(CCC(O)C4(C)C)[C@]3(C)CC[C@]12C. The van der Waals surface area contributed by atoms with Gasteiger partial charge in [0.2, 0.25) is 0 Å². The molecule has 0 aromatic carbocycles. The lowest BCUT2D eigenvalue weighted by Gasteiger charge is -2.65. The highest BCUT2D eigenvalue weighted by Gasteiger charge is 2.69. The highest BCUT2D eigenvalue weighted by Crippen LogP contribution is 2.74. The first-order chi connectivity index (χ1) is 15.1. The Labute approximate surface area is 202 Å². The van der Waals surface area contributed by atoms with Crippen LogP contribution in [0.3, 0.4) is 0 Å². The van der Waals surface area contributed by atoms with Crippen LogP contribution in [0, 0.1) is 45.3 Å².